The van der Waals surface area contributed by atoms with E-state index in [1.54, 1.807) is 12.1 Å². The van der Waals surface area contributed by atoms with Gasteiger partial charge in [0.15, 0.2) is 0 Å². The van der Waals surface area contributed by atoms with Crippen molar-refractivity contribution in [2.45, 2.75) is 18.9 Å². The van der Waals surface area contributed by atoms with Crippen LogP contribution in [0.2, 0.25) is 5.02 Å². The summed E-state index contributed by atoms with van der Waals surface area (Å²) in [5.74, 6) is 0.346. The van der Waals surface area contributed by atoms with Crippen molar-refractivity contribution in [1.29, 1.82) is 0 Å². The van der Waals surface area contributed by atoms with Crippen LogP contribution >= 0.6 is 11.6 Å². The molecule has 0 fully saturated rings. The molecule has 0 spiro atoms. The van der Waals surface area contributed by atoms with Gasteiger partial charge in [0.25, 0.3) is 0 Å². The van der Waals surface area contributed by atoms with E-state index in [1.165, 1.54) is 12.1 Å². The molecule has 2 nitrogen and oxygen atoms in total. The van der Waals surface area contributed by atoms with Crippen LogP contribution in [-0.4, -0.2) is 11.7 Å². The fraction of sp³-hybridized carbons (Fsp3) is 0.250. The first-order chi connectivity index (χ1) is 9.65. The fourth-order valence-electron chi connectivity index (χ4n) is 2.43. The molecular weight excluding hydrogens is 279 g/mol. The first kappa shape index (κ1) is 13.4. The molecule has 0 saturated carbocycles. The number of fused-ring (bicyclic) bond motifs is 1. The minimum atomic E-state index is -0.867. The van der Waals surface area contributed by atoms with Gasteiger partial charge in [0.05, 0.1) is 11.6 Å². The Kier molecular flexibility index (Phi) is 3.64. The molecule has 3 rings (SSSR count). The topological polar surface area (TPSA) is 29.5 Å². The van der Waals surface area contributed by atoms with E-state index in [0.717, 1.165) is 36.3 Å². The van der Waals surface area contributed by atoms with E-state index >= 15 is 0 Å². The fourth-order valence-corrected chi connectivity index (χ4v) is 2.54. The number of hydrogen-bond donors (Lipinski definition) is 1. The minimum absolute atomic E-state index is 0.0554. The van der Waals surface area contributed by atoms with Gasteiger partial charge in [-0.3, -0.25) is 0 Å². The lowest BCUT2D eigenvalue weighted by atomic mass is 9.97. The number of aliphatic hydroxyl groups excluding tert-OH is 1. The van der Waals surface area contributed by atoms with Gasteiger partial charge in [0, 0.05) is 0 Å². The SMILES string of the molecule is OC(c1ccc(Cl)c(F)c1)c1ccc2c(c1)CCCO2. The van der Waals surface area contributed by atoms with Crippen LogP contribution in [0.3, 0.4) is 0 Å². The average molecular weight is 293 g/mol. The molecule has 20 heavy (non-hydrogen) atoms. The summed E-state index contributed by atoms with van der Waals surface area (Å²) in [5.41, 5.74) is 2.31. The highest BCUT2D eigenvalue weighted by atomic mass is 35.5. The zero-order valence-electron chi connectivity index (χ0n) is 10.8. The van der Waals surface area contributed by atoms with E-state index < -0.39 is 11.9 Å². The highest BCUT2D eigenvalue weighted by Crippen LogP contribution is 2.31. The molecule has 1 aliphatic rings. The Morgan fingerprint density at radius 2 is 1.90 bits per heavy atom. The van der Waals surface area contributed by atoms with Crippen LogP contribution in [0.5, 0.6) is 5.75 Å². The van der Waals surface area contributed by atoms with E-state index in [9.17, 15) is 9.50 Å². The second-order valence-electron chi connectivity index (χ2n) is 4.90. The summed E-state index contributed by atoms with van der Waals surface area (Å²) in [5, 5.41) is 10.4. The quantitative estimate of drug-likeness (QED) is 0.910. The molecule has 1 N–H and O–H groups in total. The van der Waals surface area contributed by atoms with Crippen molar-refractivity contribution in [1.82, 2.24) is 0 Å². The third-order valence-electron chi connectivity index (χ3n) is 3.51. The van der Waals surface area contributed by atoms with Gasteiger partial charge in [0.1, 0.15) is 17.7 Å². The van der Waals surface area contributed by atoms with Crippen molar-refractivity contribution < 1.29 is 14.2 Å². The van der Waals surface area contributed by atoms with Crippen molar-refractivity contribution in [3.05, 3.63) is 63.9 Å². The molecule has 0 amide bonds. The van der Waals surface area contributed by atoms with Crippen molar-refractivity contribution in [2.75, 3.05) is 6.61 Å². The Labute approximate surface area is 121 Å². The molecule has 1 atom stereocenters. The van der Waals surface area contributed by atoms with Gasteiger partial charge < -0.3 is 9.84 Å². The van der Waals surface area contributed by atoms with Crippen LogP contribution in [0, 0.1) is 5.82 Å². The molecule has 104 valence electrons. The number of aliphatic hydroxyl groups is 1. The first-order valence-corrected chi connectivity index (χ1v) is 6.91. The third kappa shape index (κ3) is 2.51. The maximum absolute atomic E-state index is 13.5. The van der Waals surface area contributed by atoms with Crippen LogP contribution in [0.25, 0.3) is 0 Å². The first-order valence-electron chi connectivity index (χ1n) is 6.54. The maximum Gasteiger partial charge on any atom is 0.142 e. The van der Waals surface area contributed by atoms with Gasteiger partial charge in [-0.05, 0) is 53.8 Å². The summed E-state index contributed by atoms with van der Waals surface area (Å²) in [6, 6.07) is 9.94. The molecule has 0 radical (unpaired) electrons. The second kappa shape index (κ2) is 5.43. The summed E-state index contributed by atoms with van der Waals surface area (Å²) < 4.78 is 19.0. The largest absolute Gasteiger partial charge is 0.493 e. The van der Waals surface area contributed by atoms with E-state index in [2.05, 4.69) is 0 Å². The van der Waals surface area contributed by atoms with Crippen molar-refractivity contribution in [2.24, 2.45) is 0 Å². The van der Waals surface area contributed by atoms with Crippen molar-refractivity contribution >= 4 is 11.6 Å². The molecule has 1 unspecified atom stereocenters. The van der Waals surface area contributed by atoms with Crippen LogP contribution in [0.15, 0.2) is 36.4 Å². The van der Waals surface area contributed by atoms with E-state index in [1.807, 2.05) is 12.1 Å². The zero-order chi connectivity index (χ0) is 14.1. The lowest BCUT2D eigenvalue weighted by Gasteiger charge is -2.19. The van der Waals surface area contributed by atoms with Gasteiger partial charge in [0.2, 0.25) is 0 Å². The smallest absolute Gasteiger partial charge is 0.142 e. The molecule has 2 aromatic carbocycles. The number of ether oxygens (including phenoxy) is 1. The van der Waals surface area contributed by atoms with Crippen LogP contribution in [-0.2, 0) is 6.42 Å². The lowest BCUT2D eigenvalue weighted by Crippen LogP contribution is -2.09. The van der Waals surface area contributed by atoms with Gasteiger partial charge in [-0.2, -0.15) is 0 Å². The molecule has 1 aliphatic heterocycles. The molecule has 0 bridgehead atoms. The Bertz CT molecular complexity index is 642. The maximum atomic E-state index is 13.5. The number of hydrogen-bond acceptors (Lipinski definition) is 2. The summed E-state index contributed by atoms with van der Waals surface area (Å²) in [6.07, 6.45) is 1.04. The Morgan fingerprint density at radius 3 is 2.70 bits per heavy atom. The summed E-state index contributed by atoms with van der Waals surface area (Å²) in [7, 11) is 0. The van der Waals surface area contributed by atoms with Gasteiger partial charge >= 0.3 is 0 Å². The van der Waals surface area contributed by atoms with Crippen molar-refractivity contribution in [3.63, 3.8) is 0 Å². The number of halogens is 2. The predicted molar refractivity (Wildman–Crippen MR) is 75.7 cm³/mol. The Balaban J connectivity index is 1.93. The molecule has 0 aromatic heterocycles. The molecule has 1 heterocycles. The molecular formula is C16H14ClFO2. The highest BCUT2D eigenvalue weighted by molar-refractivity contribution is 6.30. The standard InChI is InChI=1S/C16H14ClFO2/c17-13-5-3-12(9-14(13)18)16(19)11-4-6-15-10(8-11)2-1-7-20-15/h3-6,8-9,16,19H,1-2,7H2. The monoisotopic (exact) mass is 292 g/mol. The number of rotatable bonds is 2. The Hall–Kier alpha value is -1.58. The third-order valence-corrected chi connectivity index (χ3v) is 3.81. The molecule has 4 heteroatoms. The van der Waals surface area contributed by atoms with Gasteiger partial charge in [-0.1, -0.05) is 23.7 Å². The van der Waals surface area contributed by atoms with Crippen LogP contribution < -0.4 is 4.74 Å². The van der Waals surface area contributed by atoms with Crippen LogP contribution in [0.4, 0.5) is 4.39 Å². The summed E-state index contributed by atoms with van der Waals surface area (Å²) >= 11 is 5.65. The molecule has 0 aliphatic carbocycles. The van der Waals surface area contributed by atoms with Crippen LogP contribution in [0.1, 0.15) is 29.2 Å². The molecule has 2 aromatic rings. The highest BCUT2D eigenvalue weighted by Gasteiger charge is 2.16. The molecule has 0 saturated heterocycles. The second-order valence-corrected chi connectivity index (χ2v) is 5.30. The average Bonchev–Trinajstić information content (AvgIpc) is 2.49. The van der Waals surface area contributed by atoms with E-state index in [-0.39, 0.29) is 5.02 Å². The number of benzene rings is 2. The number of aryl methyl sites for hydroxylation is 1. The van der Waals surface area contributed by atoms with E-state index in [0.29, 0.717) is 5.56 Å². The Morgan fingerprint density at radius 1 is 1.15 bits per heavy atom. The summed E-state index contributed by atoms with van der Waals surface area (Å²) in [4.78, 5) is 0. The zero-order valence-corrected chi connectivity index (χ0v) is 11.5. The van der Waals surface area contributed by atoms with E-state index in [4.69, 9.17) is 16.3 Å². The lowest BCUT2D eigenvalue weighted by molar-refractivity contribution is 0.219. The van der Waals surface area contributed by atoms with Crippen molar-refractivity contribution in [3.8, 4) is 5.75 Å². The van der Waals surface area contributed by atoms with Gasteiger partial charge in [-0.15, -0.1) is 0 Å². The van der Waals surface area contributed by atoms with Gasteiger partial charge in [-0.25, -0.2) is 4.39 Å². The minimum Gasteiger partial charge on any atom is -0.493 e. The predicted octanol–water partition coefficient (Wildman–Crippen LogP) is 3.89. The summed E-state index contributed by atoms with van der Waals surface area (Å²) in [6.45, 7) is 0.733. The normalized spacial score (nSPS) is 15.3.